The molecule has 2 N–H and O–H groups in total. The Morgan fingerprint density at radius 2 is 1.96 bits per heavy atom. The van der Waals surface area contributed by atoms with E-state index in [4.69, 9.17) is 9.47 Å². The Labute approximate surface area is 148 Å². The van der Waals surface area contributed by atoms with Crippen molar-refractivity contribution in [3.05, 3.63) is 52.0 Å². The van der Waals surface area contributed by atoms with E-state index < -0.39 is 0 Å². The molecule has 0 aliphatic carbocycles. The van der Waals surface area contributed by atoms with Crippen LogP contribution >= 0.6 is 15.9 Å². The number of nitrogens with zero attached hydrogens (tertiary/aromatic N) is 1. The van der Waals surface area contributed by atoms with Crippen molar-refractivity contribution < 1.29 is 19.4 Å². The highest BCUT2D eigenvalue weighted by Gasteiger charge is 2.08. The zero-order chi connectivity index (χ0) is 17.5. The highest BCUT2D eigenvalue weighted by Crippen LogP contribution is 2.32. The lowest BCUT2D eigenvalue weighted by Gasteiger charge is -2.07. The summed E-state index contributed by atoms with van der Waals surface area (Å²) in [6, 6.07) is 10.5. The lowest BCUT2D eigenvalue weighted by atomic mass is 10.1. The Bertz CT molecular complexity index is 745. The maximum Gasteiger partial charge on any atom is 0.244 e. The zero-order valence-corrected chi connectivity index (χ0v) is 14.8. The third-order valence-corrected chi connectivity index (χ3v) is 3.66. The minimum Gasteiger partial charge on any atom is -0.504 e. The van der Waals surface area contributed by atoms with Gasteiger partial charge in [-0.05, 0) is 29.8 Å². The third-order valence-electron chi connectivity index (χ3n) is 3.21. The molecule has 6 nitrogen and oxygen atoms in total. The maximum absolute atomic E-state index is 11.9. The van der Waals surface area contributed by atoms with Crippen molar-refractivity contribution in [1.29, 1.82) is 0 Å². The van der Waals surface area contributed by atoms with Crippen molar-refractivity contribution in [2.75, 3.05) is 14.2 Å². The van der Waals surface area contributed by atoms with Crippen LogP contribution in [0.2, 0.25) is 0 Å². The molecule has 0 atom stereocenters. The van der Waals surface area contributed by atoms with Gasteiger partial charge in [0.05, 0.1) is 26.9 Å². The molecule has 0 aliphatic rings. The first-order valence-electron chi connectivity index (χ1n) is 7.05. The number of phenols is 1. The normalized spacial score (nSPS) is 10.6. The molecule has 2 aromatic carbocycles. The number of carbonyl (C=O) groups excluding carboxylic acids is 1. The van der Waals surface area contributed by atoms with Gasteiger partial charge in [0.25, 0.3) is 0 Å². The van der Waals surface area contributed by atoms with Crippen LogP contribution in [0.1, 0.15) is 11.1 Å². The minimum absolute atomic E-state index is 0.0474. The van der Waals surface area contributed by atoms with Crippen LogP contribution < -0.4 is 14.9 Å². The number of hydrogen-bond acceptors (Lipinski definition) is 5. The number of carbonyl (C=O) groups is 1. The number of halogens is 1. The standard InChI is InChI=1S/C17H17BrN2O4/c1-23-14-5-3-11(4-6-14)7-16(21)20-19-10-12-8-13(18)9-15(24-2)17(12)22/h3-6,8-10,22H,7H2,1-2H3,(H,20,21)/b19-10-. The van der Waals surface area contributed by atoms with Crippen molar-refractivity contribution in [2.24, 2.45) is 5.10 Å². The first-order valence-corrected chi connectivity index (χ1v) is 7.84. The topological polar surface area (TPSA) is 80.2 Å². The molecule has 126 valence electrons. The lowest BCUT2D eigenvalue weighted by Crippen LogP contribution is -2.19. The van der Waals surface area contributed by atoms with Crippen LogP contribution in [-0.4, -0.2) is 31.4 Å². The van der Waals surface area contributed by atoms with Gasteiger partial charge in [0.2, 0.25) is 5.91 Å². The van der Waals surface area contributed by atoms with Gasteiger partial charge in [0.15, 0.2) is 11.5 Å². The van der Waals surface area contributed by atoms with Gasteiger partial charge in [-0.1, -0.05) is 28.1 Å². The molecule has 2 aromatic rings. The molecule has 0 aromatic heterocycles. The van der Waals surface area contributed by atoms with Gasteiger partial charge >= 0.3 is 0 Å². The average molecular weight is 393 g/mol. The molecule has 0 aliphatic heterocycles. The van der Waals surface area contributed by atoms with E-state index in [9.17, 15) is 9.90 Å². The van der Waals surface area contributed by atoms with Crippen molar-refractivity contribution in [3.8, 4) is 17.2 Å². The SMILES string of the molecule is COc1ccc(CC(=O)N/N=C\c2cc(Br)cc(OC)c2O)cc1. The van der Waals surface area contributed by atoms with E-state index in [-0.39, 0.29) is 18.1 Å². The molecule has 0 saturated carbocycles. The molecule has 7 heteroatoms. The number of ether oxygens (including phenoxy) is 2. The van der Waals surface area contributed by atoms with Crippen molar-refractivity contribution in [2.45, 2.75) is 6.42 Å². The van der Waals surface area contributed by atoms with Crippen molar-refractivity contribution >= 4 is 28.1 Å². The molecule has 0 spiro atoms. The van der Waals surface area contributed by atoms with Crippen LogP contribution in [0.25, 0.3) is 0 Å². The van der Waals surface area contributed by atoms with E-state index in [1.807, 2.05) is 12.1 Å². The summed E-state index contributed by atoms with van der Waals surface area (Å²) in [6.45, 7) is 0. The molecule has 24 heavy (non-hydrogen) atoms. The molecule has 2 rings (SSSR count). The zero-order valence-electron chi connectivity index (χ0n) is 13.2. The summed E-state index contributed by atoms with van der Waals surface area (Å²) < 4.78 is 10.8. The van der Waals surface area contributed by atoms with Crippen LogP contribution in [-0.2, 0) is 11.2 Å². The highest BCUT2D eigenvalue weighted by molar-refractivity contribution is 9.10. The van der Waals surface area contributed by atoms with Crippen LogP contribution in [0, 0.1) is 0 Å². The number of hydrogen-bond donors (Lipinski definition) is 2. The van der Waals surface area contributed by atoms with Crippen LogP contribution in [0.3, 0.4) is 0 Å². The summed E-state index contributed by atoms with van der Waals surface area (Å²) in [7, 11) is 3.04. The fourth-order valence-electron chi connectivity index (χ4n) is 1.99. The van der Waals surface area contributed by atoms with Crippen LogP contribution in [0.5, 0.6) is 17.2 Å². The van der Waals surface area contributed by atoms with Crippen LogP contribution in [0.4, 0.5) is 0 Å². The Morgan fingerprint density at radius 1 is 1.25 bits per heavy atom. The number of phenolic OH excluding ortho intramolecular Hbond substituents is 1. The largest absolute Gasteiger partial charge is 0.504 e. The van der Waals surface area contributed by atoms with Gasteiger partial charge in [0, 0.05) is 10.0 Å². The number of benzene rings is 2. The van der Waals surface area contributed by atoms with E-state index in [1.165, 1.54) is 13.3 Å². The summed E-state index contributed by atoms with van der Waals surface area (Å²) in [5.41, 5.74) is 3.69. The number of hydrazone groups is 1. The Hall–Kier alpha value is -2.54. The van der Waals surface area contributed by atoms with Gasteiger partial charge in [0.1, 0.15) is 5.75 Å². The van der Waals surface area contributed by atoms with E-state index in [1.54, 1.807) is 31.4 Å². The summed E-state index contributed by atoms with van der Waals surface area (Å²) in [4.78, 5) is 11.9. The quantitative estimate of drug-likeness (QED) is 0.584. The molecule has 0 radical (unpaired) electrons. The van der Waals surface area contributed by atoms with E-state index in [0.717, 1.165) is 15.8 Å². The summed E-state index contributed by atoms with van der Waals surface area (Å²) in [5.74, 6) is 0.735. The van der Waals surface area contributed by atoms with Gasteiger partial charge < -0.3 is 14.6 Å². The summed E-state index contributed by atoms with van der Waals surface area (Å²) in [6.07, 6.45) is 1.55. The van der Waals surface area contributed by atoms with Gasteiger partial charge in [-0.25, -0.2) is 5.43 Å². The molecular formula is C17H17BrN2O4. The second-order valence-electron chi connectivity index (χ2n) is 4.86. The Kier molecular flexibility index (Phi) is 6.20. The Balaban J connectivity index is 1.98. The predicted octanol–water partition coefficient (Wildman–Crippen LogP) is 2.86. The van der Waals surface area contributed by atoms with Gasteiger partial charge in [-0.2, -0.15) is 5.10 Å². The first kappa shape index (κ1) is 17.8. The molecule has 1 amide bonds. The fraction of sp³-hybridized carbons (Fsp3) is 0.176. The van der Waals surface area contributed by atoms with Crippen molar-refractivity contribution in [3.63, 3.8) is 0 Å². The average Bonchev–Trinajstić information content (AvgIpc) is 2.58. The minimum atomic E-state index is -0.266. The molecule has 0 unspecified atom stereocenters. The van der Waals surface area contributed by atoms with Crippen LogP contribution in [0.15, 0.2) is 46.0 Å². The summed E-state index contributed by atoms with van der Waals surface area (Å²) in [5, 5.41) is 13.9. The predicted molar refractivity (Wildman–Crippen MR) is 94.8 cm³/mol. The number of rotatable bonds is 6. The number of nitrogens with one attached hydrogen (secondary N) is 1. The molecule has 0 bridgehead atoms. The Morgan fingerprint density at radius 3 is 2.58 bits per heavy atom. The van der Waals surface area contributed by atoms with E-state index in [0.29, 0.717) is 11.3 Å². The first-order chi connectivity index (χ1) is 11.5. The molecule has 0 saturated heterocycles. The van der Waals surface area contributed by atoms with E-state index in [2.05, 4.69) is 26.5 Å². The third kappa shape index (κ3) is 4.73. The van der Waals surface area contributed by atoms with Gasteiger partial charge in [-0.3, -0.25) is 4.79 Å². The molecule has 0 fully saturated rings. The lowest BCUT2D eigenvalue weighted by molar-refractivity contribution is -0.120. The number of amides is 1. The van der Waals surface area contributed by atoms with Gasteiger partial charge in [-0.15, -0.1) is 0 Å². The van der Waals surface area contributed by atoms with Crippen molar-refractivity contribution in [1.82, 2.24) is 5.43 Å². The van der Waals surface area contributed by atoms with E-state index >= 15 is 0 Å². The molecular weight excluding hydrogens is 376 g/mol. The summed E-state index contributed by atoms with van der Waals surface area (Å²) >= 11 is 3.31. The smallest absolute Gasteiger partial charge is 0.244 e. The number of methoxy groups -OCH3 is 2. The highest BCUT2D eigenvalue weighted by atomic mass is 79.9. The monoisotopic (exact) mass is 392 g/mol. The molecule has 0 heterocycles. The number of aromatic hydroxyl groups is 1. The second-order valence-corrected chi connectivity index (χ2v) is 5.78. The second kappa shape index (κ2) is 8.35. The fourth-order valence-corrected chi connectivity index (χ4v) is 2.45. The maximum atomic E-state index is 11.9.